The molecular formula is C15H12ClN. The van der Waals surface area contributed by atoms with Gasteiger partial charge in [0, 0.05) is 10.8 Å². The SMILES string of the molecule is CCc1cc2ccc3ccccc3c2nc1Cl. The molecule has 17 heavy (non-hydrogen) atoms. The Balaban J connectivity index is 2.46. The van der Waals surface area contributed by atoms with E-state index in [1.54, 1.807) is 0 Å². The molecule has 2 heteroatoms. The lowest BCUT2D eigenvalue weighted by Crippen LogP contribution is -1.89. The summed E-state index contributed by atoms with van der Waals surface area (Å²) >= 11 is 6.19. The molecule has 3 rings (SSSR count). The largest absolute Gasteiger partial charge is 0.235 e. The summed E-state index contributed by atoms with van der Waals surface area (Å²) in [5.41, 5.74) is 2.10. The molecular weight excluding hydrogens is 230 g/mol. The maximum Gasteiger partial charge on any atom is 0.132 e. The summed E-state index contributed by atoms with van der Waals surface area (Å²) in [6.07, 6.45) is 0.911. The van der Waals surface area contributed by atoms with Crippen molar-refractivity contribution >= 4 is 33.3 Å². The number of nitrogens with zero attached hydrogens (tertiary/aromatic N) is 1. The minimum atomic E-state index is 0.622. The summed E-state index contributed by atoms with van der Waals surface area (Å²) in [5, 5.41) is 4.14. The molecule has 0 aliphatic rings. The number of hydrogen-bond acceptors (Lipinski definition) is 1. The van der Waals surface area contributed by atoms with Crippen molar-refractivity contribution in [1.82, 2.24) is 4.98 Å². The number of hydrogen-bond donors (Lipinski definition) is 0. The van der Waals surface area contributed by atoms with Crippen LogP contribution in [0.3, 0.4) is 0 Å². The molecule has 0 radical (unpaired) electrons. The van der Waals surface area contributed by atoms with E-state index in [2.05, 4.69) is 42.2 Å². The Labute approximate surface area is 105 Å². The third kappa shape index (κ3) is 1.67. The van der Waals surface area contributed by atoms with Gasteiger partial charge in [0.2, 0.25) is 0 Å². The molecule has 3 aromatic rings. The van der Waals surface area contributed by atoms with Gasteiger partial charge >= 0.3 is 0 Å². The highest BCUT2D eigenvalue weighted by molar-refractivity contribution is 6.30. The molecule has 0 aliphatic carbocycles. The van der Waals surface area contributed by atoms with E-state index in [-0.39, 0.29) is 0 Å². The first kappa shape index (κ1) is 10.5. The molecule has 0 spiro atoms. The molecule has 2 aromatic carbocycles. The van der Waals surface area contributed by atoms with Crippen molar-refractivity contribution in [1.29, 1.82) is 0 Å². The first-order chi connectivity index (χ1) is 8.29. The van der Waals surface area contributed by atoms with Crippen molar-refractivity contribution in [2.45, 2.75) is 13.3 Å². The molecule has 1 nitrogen and oxygen atoms in total. The monoisotopic (exact) mass is 241 g/mol. The summed E-state index contributed by atoms with van der Waals surface area (Å²) in [6.45, 7) is 2.09. The Kier molecular flexibility index (Phi) is 2.49. The third-order valence-electron chi connectivity index (χ3n) is 3.12. The molecule has 0 N–H and O–H groups in total. The van der Waals surface area contributed by atoms with Crippen molar-refractivity contribution < 1.29 is 0 Å². The van der Waals surface area contributed by atoms with Crippen LogP contribution in [-0.2, 0) is 6.42 Å². The van der Waals surface area contributed by atoms with Gasteiger partial charge in [-0.25, -0.2) is 4.98 Å². The Morgan fingerprint density at radius 2 is 1.82 bits per heavy atom. The maximum absolute atomic E-state index is 6.19. The first-order valence-electron chi connectivity index (χ1n) is 5.76. The van der Waals surface area contributed by atoms with E-state index >= 15 is 0 Å². The van der Waals surface area contributed by atoms with E-state index in [0.29, 0.717) is 5.15 Å². The van der Waals surface area contributed by atoms with E-state index in [0.717, 1.165) is 28.3 Å². The summed E-state index contributed by atoms with van der Waals surface area (Å²) < 4.78 is 0. The van der Waals surface area contributed by atoms with Crippen LogP contribution in [0.5, 0.6) is 0 Å². The fraction of sp³-hybridized carbons (Fsp3) is 0.133. The Morgan fingerprint density at radius 1 is 1.06 bits per heavy atom. The molecule has 0 saturated carbocycles. The molecule has 1 aromatic heterocycles. The van der Waals surface area contributed by atoms with E-state index in [1.165, 1.54) is 5.39 Å². The summed E-state index contributed by atoms with van der Waals surface area (Å²) in [4.78, 5) is 4.54. The van der Waals surface area contributed by atoms with Gasteiger partial charge in [-0.15, -0.1) is 0 Å². The minimum Gasteiger partial charge on any atom is -0.235 e. The van der Waals surface area contributed by atoms with Crippen LogP contribution < -0.4 is 0 Å². The fourth-order valence-electron chi connectivity index (χ4n) is 2.18. The van der Waals surface area contributed by atoms with E-state index < -0.39 is 0 Å². The van der Waals surface area contributed by atoms with Crippen LogP contribution in [0.4, 0.5) is 0 Å². The van der Waals surface area contributed by atoms with Gasteiger partial charge in [0.05, 0.1) is 5.52 Å². The van der Waals surface area contributed by atoms with Crippen LogP contribution in [0.15, 0.2) is 42.5 Å². The first-order valence-corrected chi connectivity index (χ1v) is 6.14. The third-order valence-corrected chi connectivity index (χ3v) is 3.44. The minimum absolute atomic E-state index is 0.622. The zero-order chi connectivity index (χ0) is 11.8. The van der Waals surface area contributed by atoms with Gasteiger partial charge in [-0.05, 0) is 23.4 Å². The van der Waals surface area contributed by atoms with Crippen LogP contribution in [0.25, 0.3) is 21.7 Å². The molecule has 1 heterocycles. The summed E-state index contributed by atoms with van der Waals surface area (Å²) in [7, 11) is 0. The van der Waals surface area contributed by atoms with Crippen molar-refractivity contribution in [3.05, 3.63) is 53.2 Å². The summed E-state index contributed by atoms with van der Waals surface area (Å²) in [6, 6.07) is 14.6. The highest BCUT2D eigenvalue weighted by atomic mass is 35.5. The maximum atomic E-state index is 6.19. The highest BCUT2D eigenvalue weighted by Crippen LogP contribution is 2.27. The topological polar surface area (TPSA) is 12.9 Å². The number of aromatic nitrogens is 1. The quantitative estimate of drug-likeness (QED) is 0.448. The highest BCUT2D eigenvalue weighted by Gasteiger charge is 2.06. The van der Waals surface area contributed by atoms with Gasteiger partial charge in [-0.3, -0.25) is 0 Å². The Hall–Kier alpha value is -1.60. The van der Waals surface area contributed by atoms with Crippen LogP contribution >= 0.6 is 11.6 Å². The second-order valence-electron chi connectivity index (χ2n) is 4.15. The second kappa shape index (κ2) is 4.01. The van der Waals surface area contributed by atoms with E-state index in [1.807, 2.05) is 12.1 Å². The van der Waals surface area contributed by atoms with Gasteiger partial charge < -0.3 is 0 Å². The fourth-order valence-corrected chi connectivity index (χ4v) is 2.45. The molecule has 0 saturated heterocycles. The van der Waals surface area contributed by atoms with Crippen molar-refractivity contribution in [2.75, 3.05) is 0 Å². The number of halogens is 1. The van der Waals surface area contributed by atoms with Crippen molar-refractivity contribution in [3.63, 3.8) is 0 Å². The molecule has 0 bridgehead atoms. The standard InChI is InChI=1S/C15H12ClN/c1-2-10-9-12-8-7-11-5-3-4-6-13(11)14(12)17-15(10)16/h3-9H,2H2,1H3. The van der Waals surface area contributed by atoms with Gasteiger partial charge in [0.1, 0.15) is 5.15 Å². The lowest BCUT2D eigenvalue weighted by atomic mass is 10.0. The van der Waals surface area contributed by atoms with Gasteiger partial charge in [0.15, 0.2) is 0 Å². The number of rotatable bonds is 1. The van der Waals surface area contributed by atoms with Crippen LogP contribution in [0.1, 0.15) is 12.5 Å². The zero-order valence-electron chi connectivity index (χ0n) is 9.57. The lowest BCUT2D eigenvalue weighted by molar-refractivity contribution is 1.12. The number of benzene rings is 2. The molecule has 0 atom stereocenters. The number of pyridine rings is 1. The van der Waals surface area contributed by atoms with Gasteiger partial charge in [0.25, 0.3) is 0 Å². The Bertz CT molecular complexity index is 704. The van der Waals surface area contributed by atoms with Crippen molar-refractivity contribution in [3.8, 4) is 0 Å². The van der Waals surface area contributed by atoms with E-state index in [9.17, 15) is 0 Å². The Morgan fingerprint density at radius 3 is 2.65 bits per heavy atom. The lowest BCUT2D eigenvalue weighted by Gasteiger charge is -2.06. The van der Waals surface area contributed by atoms with Crippen LogP contribution in [0, 0.1) is 0 Å². The molecule has 0 amide bonds. The van der Waals surface area contributed by atoms with Crippen LogP contribution in [0.2, 0.25) is 5.15 Å². The molecule has 0 fully saturated rings. The van der Waals surface area contributed by atoms with Crippen molar-refractivity contribution in [2.24, 2.45) is 0 Å². The normalized spacial score (nSPS) is 11.2. The summed E-state index contributed by atoms with van der Waals surface area (Å²) in [5.74, 6) is 0. The van der Waals surface area contributed by atoms with Gasteiger partial charge in [-0.1, -0.05) is 54.9 Å². The van der Waals surface area contributed by atoms with Gasteiger partial charge in [-0.2, -0.15) is 0 Å². The molecule has 0 unspecified atom stereocenters. The predicted molar refractivity (Wildman–Crippen MR) is 73.6 cm³/mol. The number of aryl methyl sites for hydroxylation is 1. The second-order valence-corrected chi connectivity index (χ2v) is 4.51. The predicted octanol–water partition coefficient (Wildman–Crippen LogP) is 4.60. The zero-order valence-corrected chi connectivity index (χ0v) is 10.3. The smallest absolute Gasteiger partial charge is 0.132 e. The van der Waals surface area contributed by atoms with E-state index in [4.69, 9.17) is 11.6 Å². The molecule has 0 aliphatic heterocycles. The molecule has 84 valence electrons. The number of fused-ring (bicyclic) bond motifs is 3. The average Bonchev–Trinajstić information content (AvgIpc) is 2.38. The average molecular weight is 242 g/mol. The van der Waals surface area contributed by atoms with Crippen LogP contribution in [-0.4, -0.2) is 4.98 Å².